The molecule has 0 aromatic heterocycles. The molecule has 0 aliphatic carbocycles. The van der Waals surface area contributed by atoms with Gasteiger partial charge in [-0.2, -0.15) is 5.26 Å². The first-order valence-electron chi connectivity index (χ1n) is 5.34. The molecule has 1 atom stereocenters. The Morgan fingerprint density at radius 1 is 1.56 bits per heavy atom. The van der Waals surface area contributed by atoms with Crippen LogP contribution in [0.4, 0.5) is 5.69 Å². The molecular weight excluding hydrogens is 222 g/mol. The molecule has 0 bridgehead atoms. The van der Waals surface area contributed by atoms with Crippen molar-refractivity contribution < 1.29 is 0 Å². The summed E-state index contributed by atoms with van der Waals surface area (Å²) in [5, 5.41) is 13.0. The van der Waals surface area contributed by atoms with Crippen LogP contribution in [0.3, 0.4) is 0 Å². The van der Waals surface area contributed by atoms with Crippen LogP contribution < -0.4 is 5.32 Å². The molecule has 84 valence electrons. The van der Waals surface area contributed by atoms with Crippen LogP contribution >= 0.6 is 11.6 Å². The summed E-state index contributed by atoms with van der Waals surface area (Å²) >= 11 is 5.93. The lowest BCUT2D eigenvalue weighted by Gasteiger charge is -2.15. The van der Waals surface area contributed by atoms with Gasteiger partial charge < -0.3 is 10.2 Å². The van der Waals surface area contributed by atoms with Crippen LogP contribution in [-0.2, 0) is 0 Å². The van der Waals surface area contributed by atoms with Crippen LogP contribution in [0.25, 0.3) is 0 Å². The number of nitrogens with one attached hydrogen (secondary N) is 1. The second kappa shape index (κ2) is 4.73. The van der Waals surface area contributed by atoms with E-state index in [0.717, 1.165) is 25.2 Å². The van der Waals surface area contributed by atoms with Crippen LogP contribution in [0.15, 0.2) is 18.2 Å². The van der Waals surface area contributed by atoms with Gasteiger partial charge in [-0.1, -0.05) is 11.6 Å². The maximum atomic E-state index is 8.99. The molecule has 1 heterocycles. The van der Waals surface area contributed by atoms with Crippen molar-refractivity contribution in [1.29, 1.82) is 5.26 Å². The molecule has 4 heteroatoms. The zero-order valence-electron chi connectivity index (χ0n) is 9.20. The molecule has 1 N–H and O–H groups in total. The van der Waals surface area contributed by atoms with Crippen LogP contribution in [0, 0.1) is 11.3 Å². The number of anilines is 1. The maximum absolute atomic E-state index is 8.99. The van der Waals surface area contributed by atoms with E-state index in [4.69, 9.17) is 16.9 Å². The first-order chi connectivity index (χ1) is 7.69. The van der Waals surface area contributed by atoms with Gasteiger partial charge in [0.05, 0.1) is 11.3 Å². The number of hydrogen-bond acceptors (Lipinski definition) is 3. The minimum atomic E-state index is 0.413. The molecule has 1 fully saturated rings. The van der Waals surface area contributed by atoms with Crippen molar-refractivity contribution in [2.75, 3.05) is 25.5 Å². The highest BCUT2D eigenvalue weighted by atomic mass is 35.5. The summed E-state index contributed by atoms with van der Waals surface area (Å²) in [4.78, 5) is 2.27. The number of halogens is 1. The molecule has 1 unspecified atom stereocenters. The van der Waals surface area contributed by atoms with Gasteiger partial charge >= 0.3 is 0 Å². The first kappa shape index (κ1) is 11.3. The predicted molar refractivity (Wildman–Crippen MR) is 65.7 cm³/mol. The van der Waals surface area contributed by atoms with Crippen LogP contribution in [0.5, 0.6) is 0 Å². The molecule has 1 aromatic carbocycles. The summed E-state index contributed by atoms with van der Waals surface area (Å²) in [5.41, 5.74) is 1.49. The summed E-state index contributed by atoms with van der Waals surface area (Å²) in [6.45, 7) is 2.11. The number of rotatable bonds is 2. The van der Waals surface area contributed by atoms with E-state index in [9.17, 15) is 0 Å². The van der Waals surface area contributed by atoms with Gasteiger partial charge in [-0.05, 0) is 38.2 Å². The molecule has 0 saturated carbocycles. The fourth-order valence-corrected chi connectivity index (χ4v) is 2.18. The quantitative estimate of drug-likeness (QED) is 0.855. The second-order valence-corrected chi connectivity index (χ2v) is 4.63. The lowest BCUT2D eigenvalue weighted by molar-refractivity contribution is 0.414. The van der Waals surface area contributed by atoms with Gasteiger partial charge in [0, 0.05) is 17.6 Å². The molecular formula is C12H14ClN3. The third-order valence-electron chi connectivity index (χ3n) is 2.85. The number of nitriles is 1. The molecule has 1 aliphatic rings. The lowest BCUT2D eigenvalue weighted by atomic mass is 10.1. The Bertz CT molecular complexity index is 425. The van der Waals surface area contributed by atoms with E-state index in [1.54, 1.807) is 12.1 Å². The van der Waals surface area contributed by atoms with Gasteiger partial charge in [-0.3, -0.25) is 0 Å². The van der Waals surface area contributed by atoms with Gasteiger partial charge in [0.15, 0.2) is 0 Å². The Balaban J connectivity index is 2.14. The van der Waals surface area contributed by atoms with Crippen molar-refractivity contribution >= 4 is 17.3 Å². The lowest BCUT2D eigenvalue weighted by Crippen LogP contribution is -2.23. The number of nitrogens with zero attached hydrogens (tertiary/aromatic N) is 2. The van der Waals surface area contributed by atoms with E-state index in [-0.39, 0.29) is 0 Å². The highest BCUT2D eigenvalue weighted by Crippen LogP contribution is 2.22. The van der Waals surface area contributed by atoms with Crippen molar-refractivity contribution in [2.45, 2.75) is 12.5 Å². The highest BCUT2D eigenvalue weighted by molar-refractivity contribution is 6.30. The van der Waals surface area contributed by atoms with E-state index in [1.165, 1.54) is 0 Å². The van der Waals surface area contributed by atoms with Crippen LogP contribution in [0.1, 0.15) is 12.0 Å². The Kier molecular flexibility index (Phi) is 3.33. The van der Waals surface area contributed by atoms with E-state index in [2.05, 4.69) is 23.3 Å². The molecule has 1 aliphatic heterocycles. The third-order valence-corrected chi connectivity index (χ3v) is 3.09. The average molecular weight is 236 g/mol. The molecule has 16 heavy (non-hydrogen) atoms. The van der Waals surface area contributed by atoms with Crippen LogP contribution in [0.2, 0.25) is 5.02 Å². The summed E-state index contributed by atoms with van der Waals surface area (Å²) < 4.78 is 0. The molecule has 0 spiro atoms. The monoisotopic (exact) mass is 235 g/mol. The number of hydrogen-bond donors (Lipinski definition) is 1. The molecule has 2 rings (SSSR count). The highest BCUT2D eigenvalue weighted by Gasteiger charge is 2.19. The van der Waals surface area contributed by atoms with E-state index in [1.807, 2.05) is 6.07 Å². The van der Waals surface area contributed by atoms with Crippen LogP contribution in [-0.4, -0.2) is 31.1 Å². The molecule has 3 nitrogen and oxygen atoms in total. The summed E-state index contributed by atoms with van der Waals surface area (Å²) in [6, 6.07) is 7.90. The Morgan fingerprint density at radius 2 is 2.38 bits per heavy atom. The summed E-state index contributed by atoms with van der Waals surface area (Å²) in [5.74, 6) is 0. The van der Waals surface area contributed by atoms with Gasteiger partial charge in [0.25, 0.3) is 0 Å². The average Bonchev–Trinajstić information content (AvgIpc) is 2.64. The van der Waals surface area contributed by atoms with Crippen molar-refractivity contribution in [3.8, 4) is 6.07 Å². The first-order valence-corrected chi connectivity index (χ1v) is 5.71. The van der Waals surface area contributed by atoms with E-state index < -0.39 is 0 Å². The third kappa shape index (κ3) is 2.46. The fraction of sp³-hybridized carbons (Fsp3) is 0.417. The topological polar surface area (TPSA) is 39.1 Å². The molecule has 0 amide bonds. The zero-order chi connectivity index (χ0) is 11.5. The molecule has 0 radical (unpaired) electrons. The second-order valence-electron chi connectivity index (χ2n) is 4.19. The van der Waals surface area contributed by atoms with Crippen molar-refractivity contribution in [3.05, 3.63) is 28.8 Å². The smallest absolute Gasteiger partial charge is 0.101 e. The number of benzene rings is 1. The summed E-state index contributed by atoms with van der Waals surface area (Å²) in [6.07, 6.45) is 1.11. The van der Waals surface area contributed by atoms with Gasteiger partial charge in [-0.15, -0.1) is 0 Å². The SMILES string of the molecule is CN1CCC(Nc2cc(Cl)ccc2C#N)C1. The Morgan fingerprint density at radius 3 is 3.00 bits per heavy atom. The van der Waals surface area contributed by atoms with Gasteiger partial charge in [0.2, 0.25) is 0 Å². The van der Waals surface area contributed by atoms with Crippen molar-refractivity contribution in [1.82, 2.24) is 4.90 Å². The van der Waals surface area contributed by atoms with E-state index in [0.29, 0.717) is 16.6 Å². The maximum Gasteiger partial charge on any atom is 0.101 e. The summed E-state index contributed by atoms with van der Waals surface area (Å²) in [7, 11) is 2.10. The number of likely N-dealkylation sites (N-methyl/N-ethyl adjacent to an activating group) is 1. The zero-order valence-corrected chi connectivity index (χ0v) is 9.96. The molecule has 1 aromatic rings. The largest absolute Gasteiger partial charge is 0.380 e. The Hall–Kier alpha value is -1.24. The van der Waals surface area contributed by atoms with E-state index >= 15 is 0 Å². The Labute approximate surface area is 101 Å². The normalized spacial score (nSPS) is 20.7. The van der Waals surface area contributed by atoms with Gasteiger partial charge in [-0.25, -0.2) is 0 Å². The minimum Gasteiger partial charge on any atom is -0.380 e. The minimum absolute atomic E-state index is 0.413. The van der Waals surface area contributed by atoms with Gasteiger partial charge in [0.1, 0.15) is 6.07 Å². The fourth-order valence-electron chi connectivity index (χ4n) is 2.01. The number of likely N-dealkylation sites (tertiary alicyclic amines) is 1. The standard InChI is InChI=1S/C12H14ClN3/c1-16-5-4-11(8-16)15-12-6-10(13)3-2-9(12)7-14/h2-3,6,11,15H,4-5,8H2,1H3. The molecule has 1 saturated heterocycles. The van der Waals surface area contributed by atoms with Crippen molar-refractivity contribution in [2.24, 2.45) is 0 Å². The predicted octanol–water partition coefficient (Wildman–Crippen LogP) is 2.33. The van der Waals surface area contributed by atoms with Crippen molar-refractivity contribution in [3.63, 3.8) is 0 Å².